The van der Waals surface area contributed by atoms with Crippen LogP contribution in [0.25, 0.3) is 0 Å². The molecule has 3 aliphatic rings. The van der Waals surface area contributed by atoms with Crippen LogP contribution in [0.3, 0.4) is 0 Å². The maximum atomic E-state index is 10.3. The van der Waals surface area contributed by atoms with Gasteiger partial charge in [-0.25, -0.2) is 18.1 Å². The smallest absolute Gasteiger partial charge is 0.227 e. The number of rotatable bonds is 0. The molecular formula is C2H3O4P. The molecule has 0 aromatic heterocycles. The molecule has 3 fully saturated rings. The van der Waals surface area contributed by atoms with Crippen molar-refractivity contribution >= 4 is 7.82 Å². The average Bonchev–Trinajstić information content (AvgIpc) is 1.27. The lowest BCUT2D eigenvalue weighted by atomic mass is 10.7. The van der Waals surface area contributed by atoms with Gasteiger partial charge in [0.2, 0.25) is 0 Å². The van der Waals surface area contributed by atoms with Crippen LogP contribution in [-0.4, -0.2) is 5.97 Å². The van der Waals surface area contributed by atoms with Crippen molar-refractivity contribution < 1.29 is 18.1 Å². The van der Waals surface area contributed by atoms with E-state index in [0.29, 0.717) is 0 Å². The zero-order chi connectivity index (χ0) is 5.12. The summed E-state index contributed by atoms with van der Waals surface area (Å²) in [4.78, 5) is 0. The van der Waals surface area contributed by atoms with Gasteiger partial charge in [-0.2, -0.15) is 0 Å². The van der Waals surface area contributed by atoms with Crippen LogP contribution in [-0.2, 0) is 18.1 Å². The van der Waals surface area contributed by atoms with Gasteiger partial charge < -0.3 is 0 Å². The number of hydrogen-bond acceptors (Lipinski definition) is 4. The normalized spacial score (nSPS) is 65.9. The molecule has 0 atom stereocenters. The Morgan fingerprint density at radius 2 is 1.86 bits per heavy atom. The highest BCUT2D eigenvalue weighted by molar-refractivity contribution is 7.51. The second kappa shape index (κ2) is 0.699. The lowest BCUT2D eigenvalue weighted by Crippen LogP contribution is -2.54. The third kappa shape index (κ3) is 0.315. The first kappa shape index (κ1) is 4.04. The summed E-state index contributed by atoms with van der Waals surface area (Å²) in [5, 5.41) is 0. The highest BCUT2D eigenvalue weighted by atomic mass is 31.2. The van der Waals surface area contributed by atoms with Gasteiger partial charge in [0.05, 0.1) is 0 Å². The first-order chi connectivity index (χ1) is 3.12. The van der Waals surface area contributed by atoms with Crippen molar-refractivity contribution in [2.24, 2.45) is 0 Å². The zero-order valence-electron chi connectivity index (χ0n) is 3.58. The van der Waals surface area contributed by atoms with E-state index >= 15 is 0 Å². The second-order valence-electron chi connectivity index (χ2n) is 1.58. The Kier molecular flexibility index (Phi) is 0.403. The summed E-state index contributed by atoms with van der Waals surface area (Å²) in [6, 6.07) is 0. The van der Waals surface area contributed by atoms with Crippen molar-refractivity contribution in [2.75, 3.05) is 0 Å². The summed E-state index contributed by atoms with van der Waals surface area (Å²) in [5.41, 5.74) is 0. The van der Waals surface area contributed by atoms with Crippen molar-refractivity contribution in [3.8, 4) is 0 Å². The van der Waals surface area contributed by atoms with E-state index in [1.165, 1.54) is 0 Å². The van der Waals surface area contributed by atoms with Gasteiger partial charge in [-0.05, 0) is 0 Å². The molecule has 0 radical (unpaired) electrons. The molecule has 0 aromatic carbocycles. The molecule has 0 aromatic rings. The molecule has 5 heteroatoms. The summed E-state index contributed by atoms with van der Waals surface area (Å²) in [6.07, 6.45) is 0. The molecule has 0 N–H and O–H groups in total. The highest BCUT2D eigenvalue weighted by Gasteiger charge is 2.71. The molecular weight excluding hydrogens is 119 g/mol. The lowest BCUT2D eigenvalue weighted by molar-refractivity contribution is -0.417. The Bertz CT molecular complexity index is 137. The van der Waals surface area contributed by atoms with E-state index in [1.807, 2.05) is 0 Å². The molecule has 3 aliphatic heterocycles. The Morgan fingerprint density at radius 3 is 1.86 bits per heavy atom. The van der Waals surface area contributed by atoms with E-state index in [2.05, 4.69) is 13.6 Å². The van der Waals surface area contributed by atoms with E-state index in [4.69, 9.17) is 0 Å². The number of phosphoric ester groups is 1. The van der Waals surface area contributed by atoms with Crippen LogP contribution in [0.2, 0.25) is 0 Å². The van der Waals surface area contributed by atoms with E-state index in [1.54, 1.807) is 6.92 Å². The molecule has 2 bridgehead atoms. The molecule has 40 valence electrons. The van der Waals surface area contributed by atoms with E-state index in [0.717, 1.165) is 0 Å². The van der Waals surface area contributed by atoms with Crippen molar-refractivity contribution in [3.05, 3.63) is 0 Å². The minimum atomic E-state index is -2.89. The van der Waals surface area contributed by atoms with Crippen LogP contribution in [0.1, 0.15) is 6.92 Å². The van der Waals surface area contributed by atoms with Crippen LogP contribution < -0.4 is 0 Å². The molecule has 0 aliphatic carbocycles. The van der Waals surface area contributed by atoms with Gasteiger partial charge in [-0.15, -0.1) is 0 Å². The van der Waals surface area contributed by atoms with Crippen molar-refractivity contribution in [3.63, 3.8) is 0 Å². The Balaban J connectivity index is 2.31. The van der Waals surface area contributed by atoms with Gasteiger partial charge >= 0.3 is 13.8 Å². The average molecular weight is 122 g/mol. The van der Waals surface area contributed by atoms with Crippen molar-refractivity contribution in [2.45, 2.75) is 12.9 Å². The minimum Gasteiger partial charge on any atom is -0.227 e. The number of hydrogen-bond donors (Lipinski definition) is 0. The monoisotopic (exact) mass is 122 g/mol. The minimum absolute atomic E-state index is 0.935. The molecule has 3 heterocycles. The van der Waals surface area contributed by atoms with E-state index < -0.39 is 13.8 Å². The largest absolute Gasteiger partial charge is 0.488 e. The maximum absolute atomic E-state index is 10.3. The molecule has 0 amide bonds. The van der Waals surface area contributed by atoms with Gasteiger partial charge in [0.1, 0.15) is 0 Å². The van der Waals surface area contributed by atoms with Crippen LogP contribution >= 0.6 is 7.82 Å². The first-order valence-corrected chi connectivity index (χ1v) is 3.30. The van der Waals surface area contributed by atoms with Crippen LogP contribution in [0.5, 0.6) is 0 Å². The molecule has 3 saturated heterocycles. The van der Waals surface area contributed by atoms with Crippen LogP contribution in [0, 0.1) is 0 Å². The molecule has 4 nitrogen and oxygen atoms in total. The van der Waals surface area contributed by atoms with Gasteiger partial charge in [-0.1, -0.05) is 0 Å². The van der Waals surface area contributed by atoms with Crippen molar-refractivity contribution in [1.82, 2.24) is 0 Å². The Labute approximate surface area is 40.0 Å². The topological polar surface area (TPSA) is 44.8 Å². The third-order valence-electron chi connectivity index (χ3n) is 0.833. The summed E-state index contributed by atoms with van der Waals surface area (Å²) in [7, 11) is -2.89. The first-order valence-electron chi connectivity index (χ1n) is 1.84. The van der Waals surface area contributed by atoms with Crippen LogP contribution in [0.4, 0.5) is 0 Å². The maximum Gasteiger partial charge on any atom is 0.488 e. The summed E-state index contributed by atoms with van der Waals surface area (Å²) >= 11 is 0. The van der Waals surface area contributed by atoms with Gasteiger partial charge in [0.25, 0.3) is 0 Å². The predicted molar refractivity (Wildman–Crippen MR) is 19.3 cm³/mol. The van der Waals surface area contributed by atoms with Gasteiger partial charge in [0, 0.05) is 6.92 Å². The molecule has 0 unspecified atom stereocenters. The third-order valence-corrected chi connectivity index (χ3v) is 2.50. The summed E-state index contributed by atoms with van der Waals surface area (Å²) < 4.78 is 23.8. The van der Waals surface area contributed by atoms with E-state index in [-0.39, 0.29) is 0 Å². The molecule has 0 spiro atoms. The Morgan fingerprint density at radius 1 is 1.43 bits per heavy atom. The summed E-state index contributed by atoms with van der Waals surface area (Å²) in [6.45, 7) is 1.56. The fraction of sp³-hybridized carbons (Fsp3) is 1.00. The SMILES string of the molecule is CC12OP(=O)(O1)O2. The van der Waals surface area contributed by atoms with Crippen LogP contribution in [0.15, 0.2) is 0 Å². The van der Waals surface area contributed by atoms with Gasteiger partial charge in [0.15, 0.2) is 0 Å². The molecule has 3 rings (SSSR count). The summed E-state index contributed by atoms with van der Waals surface area (Å²) in [5.74, 6) is -0.935. The fourth-order valence-corrected chi connectivity index (χ4v) is 1.89. The van der Waals surface area contributed by atoms with Crippen molar-refractivity contribution in [1.29, 1.82) is 0 Å². The standard InChI is InChI=1S/C2H3O4P/c1-2-4-7(3,5-2)6-2/h1H3. The zero-order valence-corrected chi connectivity index (χ0v) is 4.47. The molecule has 0 saturated carbocycles. The number of phosphoric acid groups is 1. The predicted octanol–water partition coefficient (Wildman–Crippen LogP) is 0.845. The van der Waals surface area contributed by atoms with E-state index in [9.17, 15) is 4.57 Å². The second-order valence-corrected chi connectivity index (χ2v) is 3.03. The highest BCUT2D eigenvalue weighted by Crippen LogP contribution is 2.79. The Hall–Kier alpha value is 0.110. The lowest BCUT2D eigenvalue weighted by Gasteiger charge is -2.53. The molecule has 7 heavy (non-hydrogen) atoms. The van der Waals surface area contributed by atoms with Gasteiger partial charge in [-0.3, -0.25) is 0 Å². The quantitative estimate of drug-likeness (QED) is 0.446. The fourth-order valence-electron chi connectivity index (χ4n) is 0.630.